The van der Waals surface area contributed by atoms with E-state index in [0.29, 0.717) is 36.0 Å². The van der Waals surface area contributed by atoms with Gasteiger partial charge in [0.15, 0.2) is 0 Å². The lowest BCUT2D eigenvalue weighted by atomic mass is 10.2. The van der Waals surface area contributed by atoms with E-state index in [0.717, 1.165) is 5.82 Å². The normalized spacial score (nSPS) is 15.3. The van der Waals surface area contributed by atoms with Crippen LogP contribution in [-0.2, 0) is 29.9 Å². The summed E-state index contributed by atoms with van der Waals surface area (Å²) in [6, 6.07) is 14.6. The molecule has 19 nitrogen and oxygen atoms in total. The maximum Gasteiger partial charge on any atom is 0.425 e. The van der Waals surface area contributed by atoms with Crippen LogP contribution in [0.5, 0.6) is 0 Å². The first-order chi connectivity index (χ1) is 23.0. The second-order valence-corrected chi connectivity index (χ2v) is 14.6. The number of aromatic nitrogens is 3. The number of nitrogens with two attached hydrogens (primary N) is 1. The number of hydrogen-bond donors (Lipinski definition) is 4. The molecule has 0 radical (unpaired) electrons. The predicted octanol–water partition coefficient (Wildman–Crippen LogP) is 1.95. The highest BCUT2D eigenvalue weighted by Crippen LogP contribution is 2.18. The van der Waals surface area contributed by atoms with Crippen LogP contribution in [0.15, 0.2) is 54.7 Å². The average Bonchev–Trinajstić information content (AvgIpc) is 3.47. The fourth-order valence-corrected chi connectivity index (χ4v) is 6.46. The number of nitriles is 1. The number of nitrogens with one attached hydrogen (secondary N) is 3. The van der Waals surface area contributed by atoms with Crippen molar-refractivity contribution in [3.63, 3.8) is 0 Å². The Labute approximate surface area is 283 Å². The van der Waals surface area contributed by atoms with E-state index in [9.17, 15) is 26.4 Å². The SMILES string of the molecule is CC(C)(C)OC(=O)Nc1cccc(NS(=O)(=O)N2CCOC2=O)n1.N#Cc1ccc(N2CCN(S(=O)(=O)Nc3cccc(N)n3)CC2)nc1. The van der Waals surface area contributed by atoms with E-state index in [1.165, 1.54) is 28.7 Å². The lowest BCUT2D eigenvalue weighted by molar-refractivity contribution is 0.0635. The molecule has 2 fully saturated rings. The molecule has 0 unspecified atom stereocenters. The summed E-state index contributed by atoms with van der Waals surface area (Å²) >= 11 is 0. The number of anilines is 5. The van der Waals surface area contributed by atoms with Gasteiger partial charge in [-0.25, -0.2) is 29.3 Å². The highest BCUT2D eigenvalue weighted by atomic mass is 32.2. The van der Waals surface area contributed by atoms with Crippen LogP contribution in [0.4, 0.5) is 38.7 Å². The van der Waals surface area contributed by atoms with Crippen LogP contribution in [-0.4, -0.2) is 97.5 Å². The number of nitrogen functional groups attached to an aromatic ring is 1. The number of ether oxygens (including phenoxy) is 2. The highest BCUT2D eigenvalue weighted by molar-refractivity contribution is 7.91. The van der Waals surface area contributed by atoms with Gasteiger partial charge in [-0.1, -0.05) is 12.1 Å². The minimum Gasteiger partial charge on any atom is -0.447 e. The van der Waals surface area contributed by atoms with E-state index >= 15 is 0 Å². The van der Waals surface area contributed by atoms with Crippen molar-refractivity contribution in [2.45, 2.75) is 26.4 Å². The molecule has 0 saturated carbocycles. The summed E-state index contributed by atoms with van der Waals surface area (Å²) in [5.74, 6) is 1.19. The fourth-order valence-electron chi connectivity index (χ4n) is 4.26. The van der Waals surface area contributed by atoms with E-state index in [1.807, 2.05) is 11.0 Å². The fraction of sp³-hybridized carbons (Fsp3) is 0.357. The van der Waals surface area contributed by atoms with Gasteiger partial charge in [0.05, 0.1) is 12.1 Å². The monoisotopic (exact) mass is 717 g/mol. The van der Waals surface area contributed by atoms with Crippen molar-refractivity contribution in [3.05, 3.63) is 60.3 Å². The minimum absolute atomic E-state index is 0.00654. The molecule has 5 N–H and O–H groups in total. The van der Waals surface area contributed by atoms with Gasteiger partial charge in [-0.2, -0.15) is 30.7 Å². The number of carbonyl (C=O) groups is 2. The van der Waals surface area contributed by atoms with E-state index in [1.54, 1.807) is 51.1 Å². The maximum absolute atomic E-state index is 12.5. The topological polar surface area (TPSA) is 255 Å². The molecule has 2 aliphatic heterocycles. The van der Waals surface area contributed by atoms with Crippen LogP contribution >= 0.6 is 0 Å². The quantitative estimate of drug-likeness (QED) is 0.260. The summed E-state index contributed by atoms with van der Waals surface area (Å²) in [7, 11) is -7.83. The van der Waals surface area contributed by atoms with Crippen molar-refractivity contribution in [2.75, 3.05) is 64.7 Å². The summed E-state index contributed by atoms with van der Waals surface area (Å²) in [6.07, 6.45) is -0.172. The molecule has 5 heterocycles. The summed E-state index contributed by atoms with van der Waals surface area (Å²) < 4.78 is 65.3. The zero-order chi connectivity index (χ0) is 35.8. The molecule has 0 aliphatic carbocycles. The zero-order valence-electron chi connectivity index (χ0n) is 26.7. The first-order valence-electron chi connectivity index (χ1n) is 14.6. The largest absolute Gasteiger partial charge is 0.447 e. The van der Waals surface area contributed by atoms with Gasteiger partial charge in [0.2, 0.25) is 0 Å². The van der Waals surface area contributed by atoms with Crippen LogP contribution in [0.1, 0.15) is 26.3 Å². The smallest absolute Gasteiger partial charge is 0.425 e. The van der Waals surface area contributed by atoms with Crippen LogP contribution < -0.4 is 25.4 Å². The number of cyclic esters (lactones) is 1. The zero-order valence-corrected chi connectivity index (χ0v) is 28.4. The Morgan fingerprint density at radius 2 is 1.55 bits per heavy atom. The molecular weight excluding hydrogens is 683 g/mol. The first kappa shape index (κ1) is 36.4. The lowest BCUT2D eigenvalue weighted by Gasteiger charge is -2.34. The van der Waals surface area contributed by atoms with Crippen LogP contribution in [0.25, 0.3) is 0 Å². The summed E-state index contributed by atoms with van der Waals surface area (Å²) in [4.78, 5) is 37.1. The van der Waals surface area contributed by atoms with Crippen LogP contribution in [0.3, 0.4) is 0 Å². The minimum atomic E-state index is -4.13. The third-order valence-electron chi connectivity index (χ3n) is 6.41. The van der Waals surface area contributed by atoms with Crippen LogP contribution in [0, 0.1) is 11.3 Å². The predicted molar refractivity (Wildman–Crippen MR) is 179 cm³/mol. The molecule has 0 aromatic carbocycles. The van der Waals surface area contributed by atoms with Gasteiger partial charge >= 0.3 is 32.6 Å². The molecular formula is C28H35N11O8S2. The highest BCUT2D eigenvalue weighted by Gasteiger charge is 2.34. The van der Waals surface area contributed by atoms with Crippen molar-refractivity contribution in [2.24, 2.45) is 0 Å². The Balaban J connectivity index is 0.000000221. The number of pyridine rings is 3. The summed E-state index contributed by atoms with van der Waals surface area (Å²) in [5, 5.41) is 11.2. The maximum atomic E-state index is 12.5. The Bertz CT molecular complexity index is 1910. The molecule has 262 valence electrons. The molecule has 21 heteroatoms. The second-order valence-electron chi connectivity index (χ2n) is 11.3. The van der Waals surface area contributed by atoms with Gasteiger partial charge < -0.3 is 20.1 Å². The molecule has 0 atom stereocenters. The van der Waals surface area contributed by atoms with E-state index < -0.39 is 38.2 Å². The molecule has 49 heavy (non-hydrogen) atoms. The molecule has 2 aliphatic rings. The van der Waals surface area contributed by atoms with Crippen molar-refractivity contribution in [1.82, 2.24) is 23.6 Å². The van der Waals surface area contributed by atoms with E-state index in [-0.39, 0.29) is 36.4 Å². The molecule has 0 bridgehead atoms. The Morgan fingerprint density at radius 3 is 2.12 bits per heavy atom. The summed E-state index contributed by atoms with van der Waals surface area (Å²) in [5.41, 5.74) is 5.37. The van der Waals surface area contributed by atoms with Gasteiger partial charge in [-0.05, 0) is 57.2 Å². The van der Waals surface area contributed by atoms with Crippen molar-refractivity contribution in [3.8, 4) is 6.07 Å². The lowest BCUT2D eigenvalue weighted by Crippen LogP contribution is -2.50. The second kappa shape index (κ2) is 15.2. The van der Waals surface area contributed by atoms with Crippen molar-refractivity contribution >= 4 is 61.7 Å². The van der Waals surface area contributed by atoms with Crippen molar-refractivity contribution in [1.29, 1.82) is 5.26 Å². The number of rotatable bonds is 8. The van der Waals surface area contributed by atoms with Gasteiger partial charge in [0.25, 0.3) is 0 Å². The van der Waals surface area contributed by atoms with E-state index in [4.69, 9.17) is 15.7 Å². The molecule has 2 saturated heterocycles. The molecule has 2 amide bonds. The Morgan fingerprint density at radius 1 is 0.918 bits per heavy atom. The summed E-state index contributed by atoms with van der Waals surface area (Å²) in [6.45, 7) is 6.68. The first-order valence-corrected chi connectivity index (χ1v) is 17.5. The number of hydrogen-bond acceptors (Lipinski definition) is 14. The third kappa shape index (κ3) is 10.5. The number of amides is 2. The molecule has 3 aromatic heterocycles. The van der Waals surface area contributed by atoms with Gasteiger partial charge in [0.1, 0.15) is 47.4 Å². The number of nitrogens with zero attached hydrogens (tertiary/aromatic N) is 7. The third-order valence-corrected chi connectivity index (χ3v) is 9.30. The standard InChI is InChI=1S/C15H17N7O2S.C13H18N4O6S/c16-10-12-4-5-15(18-11-12)21-6-8-22(9-7-21)25(23,24)20-14-3-1-2-13(17)19-14;1-13(2,3)23-11(18)15-9-5-4-6-10(14-9)16-24(20,21)17-7-8-22-12(17)19/h1-5,11H,6-9H2,(H3,17,19,20);4-6H,7-8H2,1-3H3,(H2,14,15,16,18). The number of piperazine rings is 1. The van der Waals surface area contributed by atoms with Crippen molar-refractivity contribution < 1.29 is 35.9 Å². The van der Waals surface area contributed by atoms with E-state index in [2.05, 4.69) is 34.4 Å². The van der Waals surface area contributed by atoms with Gasteiger partial charge in [-0.15, -0.1) is 0 Å². The van der Waals surface area contributed by atoms with Crippen LogP contribution in [0.2, 0.25) is 0 Å². The average molecular weight is 718 g/mol. The number of carbonyl (C=O) groups excluding carboxylic acids is 2. The Kier molecular flexibility index (Phi) is 11.3. The molecule has 5 rings (SSSR count). The Hall–Kier alpha value is -5.46. The van der Waals surface area contributed by atoms with Gasteiger partial charge in [0, 0.05) is 32.4 Å². The molecule has 0 spiro atoms. The molecule has 3 aromatic rings. The van der Waals surface area contributed by atoms with Gasteiger partial charge in [-0.3, -0.25) is 10.0 Å².